The van der Waals surface area contributed by atoms with Crippen LogP contribution in [0.4, 0.5) is 0 Å². The van der Waals surface area contributed by atoms with E-state index in [1.807, 2.05) is 44.2 Å². The van der Waals surface area contributed by atoms with Crippen molar-refractivity contribution in [3.05, 3.63) is 59.4 Å². The predicted molar refractivity (Wildman–Crippen MR) is 126 cm³/mol. The van der Waals surface area contributed by atoms with Gasteiger partial charge in [0, 0.05) is 26.5 Å². The average molecular weight is 435 g/mol. The van der Waals surface area contributed by atoms with Crippen molar-refractivity contribution < 1.29 is 9.59 Å². The van der Waals surface area contributed by atoms with Gasteiger partial charge in [0.2, 0.25) is 5.91 Å². The number of carbonyl (C=O) groups excluding carboxylic acids is 2. The van der Waals surface area contributed by atoms with Crippen LogP contribution in [-0.2, 0) is 16.8 Å². The van der Waals surface area contributed by atoms with Crippen LogP contribution in [0.3, 0.4) is 0 Å². The summed E-state index contributed by atoms with van der Waals surface area (Å²) >= 11 is 0. The molecule has 1 aromatic heterocycles. The third-order valence-electron chi connectivity index (χ3n) is 6.11. The summed E-state index contributed by atoms with van der Waals surface area (Å²) in [5, 5.41) is 11.6. The lowest BCUT2D eigenvalue weighted by atomic mass is 9.76. The Bertz CT molecular complexity index is 1080. The van der Waals surface area contributed by atoms with Gasteiger partial charge < -0.3 is 16.0 Å². The number of benzene rings is 1. The molecule has 1 aromatic carbocycles. The largest absolute Gasteiger partial charge is 0.386 e. The number of nitrogens with zero attached hydrogens (tertiary/aromatic N) is 4. The molecule has 0 radical (unpaired) electrons. The summed E-state index contributed by atoms with van der Waals surface area (Å²) in [6.45, 7) is 3.98. The predicted octanol–water partition coefficient (Wildman–Crippen LogP) is 2.89. The Morgan fingerprint density at radius 3 is 2.47 bits per heavy atom. The molecule has 3 rings (SSSR count). The average Bonchev–Trinajstić information content (AvgIpc) is 3.53. The molecule has 8 heteroatoms. The highest BCUT2D eigenvalue weighted by Gasteiger charge is 2.46. The molecule has 0 spiro atoms. The van der Waals surface area contributed by atoms with Gasteiger partial charge >= 0.3 is 0 Å². The molecule has 1 fully saturated rings. The highest BCUT2D eigenvalue weighted by molar-refractivity contribution is 6.08. The number of amidine groups is 1. The summed E-state index contributed by atoms with van der Waals surface area (Å²) in [7, 11) is 3.33. The van der Waals surface area contributed by atoms with Gasteiger partial charge in [0.1, 0.15) is 12.4 Å². The van der Waals surface area contributed by atoms with Crippen molar-refractivity contribution in [2.75, 3.05) is 14.1 Å². The van der Waals surface area contributed by atoms with Crippen molar-refractivity contribution in [2.45, 2.75) is 38.6 Å². The molecule has 1 saturated carbocycles. The minimum Gasteiger partial charge on any atom is -0.386 e. The van der Waals surface area contributed by atoms with E-state index in [0.29, 0.717) is 5.92 Å². The first kappa shape index (κ1) is 23.1. The number of aromatic nitrogens is 2. The first-order valence-electron chi connectivity index (χ1n) is 10.6. The maximum absolute atomic E-state index is 12.8. The number of rotatable bonds is 8. The third kappa shape index (κ3) is 4.69. The second-order valence-corrected chi connectivity index (χ2v) is 8.46. The van der Waals surface area contributed by atoms with Gasteiger partial charge in [-0.2, -0.15) is 10.1 Å². The minimum atomic E-state index is -0.564. The van der Waals surface area contributed by atoms with E-state index in [-0.39, 0.29) is 23.9 Å². The molecule has 0 saturated heterocycles. The lowest BCUT2D eigenvalue weighted by Gasteiger charge is -2.30. The number of hydrogen-bond donors (Lipinski definition) is 2. The van der Waals surface area contributed by atoms with E-state index in [9.17, 15) is 9.59 Å². The van der Waals surface area contributed by atoms with E-state index in [4.69, 9.17) is 11.1 Å². The van der Waals surface area contributed by atoms with Crippen molar-refractivity contribution in [3.63, 3.8) is 0 Å². The fourth-order valence-corrected chi connectivity index (χ4v) is 3.73. The molecule has 1 heterocycles. The van der Waals surface area contributed by atoms with Crippen LogP contribution in [-0.4, -0.2) is 52.6 Å². The van der Waals surface area contributed by atoms with Crippen LogP contribution in [0.25, 0.3) is 5.57 Å². The highest BCUT2D eigenvalue weighted by Crippen LogP contribution is 2.47. The second-order valence-electron chi connectivity index (χ2n) is 8.46. The van der Waals surface area contributed by atoms with Crippen molar-refractivity contribution in [3.8, 4) is 0 Å². The molecule has 1 atom stereocenters. The Morgan fingerprint density at radius 2 is 1.94 bits per heavy atom. The smallest absolute Gasteiger partial charge is 0.281 e. The van der Waals surface area contributed by atoms with E-state index in [2.05, 4.69) is 10.1 Å². The standard InChI is InChI=1S/C24H30N6O2/c1-5-16(12-25)17-6-8-19(9-7-17)24(2,20-10-11-20)23(26)28-22(32)18-13-27-30(14-18)15-21(31)29(3)4/h5-9,12-14,20,25H,10-11,15H2,1-4H3,(H2,26,28,32)/b16-5+,25-12?. The summed E-state index contributed by atoms with van der Waals surface area (Å²) in [4.78, 5) is 30.3. The molecule has 2 amide bonds. The molecule has 1 aliphatic carbocycles. The van der Waals surface area contributed by atoms with Crippen LogP contribution >= 0.6 is 0 Å². The number of hydrogen-bond acceptors (Lipinski definition) is 4. The van der Waals surface area contributed by atoms with Crippen LogP contribution in [0.1, 0.15) is 48.2 Å². The number of amides is 2. The zero-order valence-electron chi connectivity index (χ0n) is 19.0. The Hall–Kier alpha value is -3.55. The minimum absolute atomic E-state index is 0.0511. The van der Waals surface area contributed by atoms with Gasteiger partial charge in [-0.25, -0.2) is 0 Å². The second kappa shape index (κ2) is 9.30. The number of likely N-dealkylation sites (N-methyl/N-ethyl adjacent to an activating group) is 1. The van der Waals surface area contributed by atoms with Crippen LogP contribution in [0.15, 0.2) is 47.7 Å². The molecule has 32 heavy (non-hydrogen) atoms. The molecule has 0 bridgehead atoms. The summed E-state index contributed by atoms with van der Waals surface area (Å²) < 4.78 is 1.42. The Kier molecular flexibility index (Phi) is 6.72. The molecular formula is C24H30N6O2. The van der Waals surface area contributed by atoms with Gasteiger partial charge in [-0.3, -0.25) is 14.3 Å². The zero-order chi connectivity index (χ0) is 23.5. The quantitative estimate of drug-likeness (QED) is 0.491. The number of nitrogens with one attached hydrogen (secondary N) is 1. The maximum Gasteiger partial charge on any atom is 0.281 e. The molecule has 2 aromatic rings. The first-order chi connectivity index (χ1) is 15.2. The Balaban J connectivity index is 1.85. The summed E-state index contributed by atoms with van der Waals surface area (Å²) in [6.07, 6.45) is 8.18. The van der Waals surface area contributed by atoms with Gasteiger partial charge in [-0.05, 0) is 49.3 Å². The van der Waals surface area contributed by atoms with Gasteiger partial charge in [0.25, 0.3) is 5.91 Å². The van der Waals surface area contributed by atoms with Crippen molar-refractivity contribution in [1.82, 2.24) is 14.7 Å². The van der Waals surface area contributed by atoms with Crippen molar-refractivity contribution in [1.29, 1.82) is 5.41 Å². The van der Waals surface area contributed by atoms with Crippen LogP contribution in [0.5, 0.6) is 0 Å². The monoisotopic (exact) mass is 434 g/mol. The summed E-state index contributed by atoms with van der Waals surface area (Å²) in [5.41, 5.74) is 8.94. The number of nitrogens with two attached hydrogens (primary N) is 1. The third-order valence-corrected chi connectivity index (χ3v) is 6.11. The summed E-state index contributed by atoms with van der Waals surface area (Å²) in [5.74, 6) is -0.0130. The molecule has 0 aliphatic heterocycles. The lowest BCUT2D eigenvalue weighted by molar-refractivity contribution is -0.129. The van der Waals surface area contributed by atoms with E-state index >= 15 is 0 Å². The maximum atomic E-state index is 12.8. The summed E-state index contributed by atoms with van der Waals surface area (Å²) in [6, 6.07) is 7.94. The molecule has 8 nitrogen and oxygen atoms in total. The molecule has 1 aliphatic rings. The number of carbonyl (C=O) groups is 2. The Labute approximate surface area is 188 Å². The van der Waals surface area contributed by atoms with Crippen LogP contribution in [0.2, 0.25) is 0 Å². The lowest BCUT2D eigenvalue weighted by Crippen LogP contribution is -2.41. The molecular weight excluding hydrogens is 404 g/mol. The molecule has 168 valence electrons. The van der Waals surface area contributed by atoms with Gasteiger partial charge in [-0.1, -0.05) is 30.3 Å². The number of allylic oxidation sites excluding steroid dienone is 2. The van der Waals surface area contributed by atoms with Crippen LogP contribution in [0, 0.1) is 11.3 Å². The highest BCUT2D eigenvalue weighted by atomic mass is 16.2. The van der Waals surface area contributed by atoms with Gasteiger partial charge in [-0.15, -0.1) is 0 Å². The zero-order valence-corrected chi connectivity index (χ0v) is 19.0. The Morgan fingerprint density at radius 1 is 1.28 bits per heavy atom. The SMILES string of the molecule is C/C=C(\C=N)c1ccc(C(C)(C(N)=NC(=O)c2cnn(CC(=O)N(C)C)c2)C2CC2)cc1. The van der Waals surface area contributed by atoms with Crippen molar-refractivity contribution in [2.24, 2.45) is 16.6 Å². The topological polar surface area (TPSA) is 117 Å². The molecule has 3 N–H and O–H groups in total. The first-order valence-corrected chi connectivity index (χ1v) is 10.6. The van der Waals surface area contributed by atoms with Gasteiger partial charge in [0.05, 0.1) is 17.2 Å². The van der Waals surface area contributed by atoms with Gasteiger partial charge in [0.15, 0.2) is 0 Å². The molecule has 1 unspecified atom stereocenters. The van der Waals surface area contributed by atoms with Crippen LogP contribution < -0.4 is 5.73 Å². The van der Waals surface area contributed by atoms with Crippen molar-refractivity contribution >= 4 is 29.4 Å². The fraction of sp³-hybridized carbons (Fsp3) is 0.375. The van der Waals surface area contributed by atoms with E-state index < -0.39 is 11.3 Å². The normalized spacial score (nSPS) is 16.4. The van der Waals surface area contributed by atoms with E-state index in [0.717, 1.165) is 29.5 Å². The fourth-order valence-electron chi connectivity index (χ4n) is 3.73. The van der Waals surface area contributed by atoms with E-state index in [1.165, 1.54) is 28.2 Å². The number of aliphatic imine (C=N–C) groups is 1. The van der Waals surface area contributed by atoms with E-state index in [1.54, 1.807) is 14.1 Å².